The Bertz CT molecular complexity index is 696. The summed E-state index contributed by atoms with van der Waals surface area (Å²) in [6, 6.07) is 6.39. The molecule has 0 atom stereocenters. The predicted octanol–water partition coefficient (Wildman–Crippen LogP) is 2.68. The molecule has 1 aromatic carbocycles. The number of carbonyl (C=O) groups is 2. The van der Waals surface area contributed by atoms with Crippen molar-refractivity contribution in [2.75, 3.05) is 11.4 Å². The number of rotatable bonds is 4. The summed E-state index contributed by atoms with van der Waals surface area (Å²) in [4.78, 5) is 28.6. The number of aliphatic carboxylic acids is 1. The van der Waals surface area contributed by atoms with E-state index >= 15 is 0 Å². The third kappa shape index (κ3) is 3.41. The second kappa shape index (κ2) is 5.97. The van der Waals surface area contributed by atoms with Crippen LogP contribution in [0.15, 0.2) is 28.7 Å². The Hall–Kier alpha value is -2.34. The molecule has 21 heavy (non-hydrogen) atoms. The number of aromatic nitrogens is 1. The van der Waals surface area contributed by atoms with Gasteiger partial charge in [-0.2, -0.15) is 0 Å². The van der Waals surface area contributed by atoms with Crippen molar-refractivity contribution in [1.82, 2.24) is 4.98 Å². The summed E-state index contributed by atoms with van der Waals surface area (Å²) in [7, 11) is 0. The van der Waals surface area contributed by atoms with Crippen molar-refractivity contribution in [3.05, 3.63) is 46.6 Å². The molecule has 0 radical (unpaired) electrons. The first kappa shape index (κ1) is 15.1. The van der Waals surface area contributed by atoms with Crippen LogP contribution in [0.3, 0.4) is 0 Å². The Morgan fingerprint density at radius 1 is 1.38 bits per heavy atom. The van der Waals surface area contributed by atoms with Crippen LogP contribution in [0, 0.1) is 13.8 Å². The molecule has 0 saturated carbocycles. The third-order valence-corrected chi connectivity index (χ3v) is 2.99. The number of carboxylic acids is 1. The maximum Gasteiger partial charge on any atom is 0.323 e. The first-order chi connectivity index (χ1) is 9.88. The second-order valence-corrected chi connectivity index (χ2v) is 4.85. The molecule has 1 aromatic heterocycles. The van der Waals surface area contributed by atoms with Crippen LogP contribution in [0.5, 0.6) is 0 Å². The van der Waals surface area contributed by atoms with Crippen molar-refractivity contribution in [2.24, 2.45) is 0 Å². The van der Waals surface area contributed by atoms with E-state index in [-0.39, 0.29) is 5.76 Å². The lowest BCUT2D eigenvalue weighted by Gasteiger charge is -2.20. The van der Waals surface area contributed by atoms with Crippen LogP contribution in [0.1, 0.15) is 22.1 Å². The molecule has 0 aliphatic rings. The van der Waals surface area contributed by atoms with Crippen LogP contribution in [-0.4, -0.2) is 28.5 Å². The molecule has 1 amide bonds. The monoisotopic (exact) mass is 308 g/mol. The largest absolute Gasteiger partial charge is 0.480 e. The fourth-order valence-corrected chi connectivity index (χ4v) is 2.10. The molecule has 110 valence electrons. The molecule has 1 N–H and O–H groups in total. The summed E-state index contributed by atoms with van der Waals surface area (Å²) in [6.45, 7) is 2.74. The molecule has 7 heteroatoms. The van der Waals surface area contributed by atoms with E-state index in [1.54, 1.807) is 32.0 Å². The normalized spacial score (nSPS) is 10.4. The van der Waals surface area contributed by atoms with Gasteiger partial charge in [0.1, 0.15) is 6.54 Å². The topological polar surface area (TPSA) is 83.6 Å². The number of nitrogens with zero attached hydrogens (tertiary/aromatic N) is 2. The van der Waals surface area contributed by atoms with E-state index in [9.17, 15) is 9.59 Å². The molecular formula is C14H13ClN2O4. The van der Waals surface area contributed by atoms with Crippen molar-refractivity contribution in [1.29, 1.82) is 0 Å². The Labute approximate surface area is 126 Å². The quantitative estimate of drug-likeness (QED) is 0.938. The van der Waals surface area contributed by atoms with Gasteiger partial charge >= 0.3 is 5.97 Å². The second-order valence-electron chi connectivity index (χ2n) is 4.41. The van der Waals surface area contributed by atoms with Crippen molar-refractivity contribution >= 4 is 29.2 Å². The minimum atomic E-state index is -1.14. The number of anilines is 1. The number of hydrogen-bond donors (Lipinski definition) is 1. The number of hydrogen-bond acceptors (Lipinski definition) is 4. The summed E-state index contributed by atoms with van der Waals surface area (Å²) in [6.07, 6.45) is 0. The van der Waals surface area contributed by atoms with Gasteiger partial charge in [0.25, 0.3) is 5.91 Å². The molecule has 0 bridgehead atoms. The van der Waals surface area contributed by atoms with Crippen LogP contribution in [0.4, 0.5) is 5.69 Å². The minimum Gasteiger partial charge on any atom is -0.480 e. The number of aryl methyl sites for hydroxylation is 2. The van der Waals surface area contributed by atoms with Gasteiger partial charge in [-0.25, -0.2) is 4.98 Å². The van der Waals surface area contributed by atoms with Gasteiger partial charge in [-0.15, -0.1) is 0 Å². The molecule has 2 rings (SSSR count). The summed E-state index contributed by atoms with van der Waals surface area (Å²) in [5.74, 6) is -1.35. The smallest absolute Gasteiger partial charge is 0.323 e. The Morgan fingerprint density at radius 2 is 2.10 bits per heavy atom. The SMILES string of the molecule is Cc1nc(C)c(C(=O)N(CC(=O)O)c2cccc(Cl)c2)o1. The summed E-state index contributed by atoms with van der Waals surface area (Å²) in [5.41, 5.74) is 0.790. The zero-order chi connectivity index (χ0) is 15.6. The highest BCUT2D eigenvalue weighted by molar-refractivity contribution is 6.31. The predicted molar refractivity (Wildman–Crippen MR) is 76.7 cm³/mol. The van der Waals surface area contributed by atoms with Gasteiger partial charge in [0.05, 0.1) is 5.69 Å². The first-order valence-electron chi connectivity index (χ1n) is 6.11. The highest BCUT2D eigenvalue weighted by Gasteiger charge is 2.25. The van der Waals surface area contributed by atoms with Crippen LogP contribution in [0.25, 0.3) is 0 Å². The van der Waals surface area contributed by atoms with E-state index in [1.165, 1.54) is 6.07 Å². The summed E-state index contributed by atoms with van der Waals surface area (Å²) in [5, 5.41) is 9.42. The van der Waals surface area contributed by atoms with E-state index < -0.39 is 18.4 Å². The van der Waals surface area contributed by atoms with Gasteiger partial charge in [-0.3, -0.25) is 14.5 Å². The highest BCUT2D eigenvalue weighted by atomic mass is 35.5. The van der Waals surface area contributed by atoms with Gasteiger partial charge in [-0.05, 0) is 25.1 Å². The van der Waals surface area contributed by atoms with Crippen LogP contribution >= 0.6 is 11.6 Å². The minimum absolute atomic E-state index is 0.0220. The van der Waals surface area contributed by atoms with Crippen LogP contribution in [0.2, 0.25) is 5.02 Å². The maximum absolute atomic E-state index is 12.5. The molecule has 0 aliphatic heterocycles. The van der Waals surface area contributed by atoms with Crippen molar-refractivity contribution in [3.8, 4) is 0 Å². The molecular weight excluding hydrogens is 296 g/mol. The fourth-order valence-electron chi connectivity index (χ4n) is 1.91. The number of benzene rings is 1. The average molecular weight is 309 g/mol. The Balaban J connectivity index is 2.43. The van der Waals surface area contributed by atoms with Gasteiger partial charge in [0.15, 0.2) is 5.89 Å². The van der Waals surface area contributed by atoms with Gasteiger partial charge < -0.3 is 9.52 Å². The molecule has 0 saturated heterocycles. The molecule has 2 aromatic rings. The average Bonchev–Trinajstić information content (AvgIpc) is 2.74. The number of carboxylic acid groups (broad SMARTS) is 1. The van der Waals surface area contributed by atoms with Crippen LogP contribution < -0.4 is 4.90 Å². The van der Waals surface area contributed by atoms with Crippen molar-refractivity contribution < 1.29 is 19.1 Å². The molecule has 0 spiro atoms. The number of carbonyl (C=O) groups excluding carboxylic acids is 1. The Kier molecular flexibility index (Phi) is 4.28. The van der Waals surface area contributed by atoms with E-state index in [1.807, 2.05) is 0 Å². The molecule has 0 aliphatic carbocycles. The van der Waals surface area contributed by atoms with Gasteiger partial charge in [0, 0.05) is 17.6 Å². The number of halogens is 1. The zero-order valence-corrected chi connectivity index (χ0v) is 12.2. The first-order valence-corrected chi connectivity index (χ1v) is 6.49. The molecule has 0 unspecified atom stereocenters. The third-order valence-electron chi connectivity index (χ3n) is 2.76. The summed E-state index contributed by atoms with van der Waals surface area (Å²) < 4.78 is 5.26. The van der Waals surface area contributed by atoms with E-state index in [4.69, 9.17) is 21.1 Å². The van der Waals surface area contributed by atoms with Crippen molar-refractivity contribution in [2.45, 2.75) is 13.8 Å². The van der Waals surface area contributed by atoms with Crippen molar-refractivity contribution in [3.63, 3.8) is 0 Å². The zero-order valence-electron chi connectivity index (χ0n) is 11.5. The van der Waals surface area contributed by atoms with E-state index in [0.29, 0.717) is 22.3 Å². The standard InChI is InChI=1S/C14H13ClN2O4/c1-8-13(21-9(2)16-8)14(20)17(7-12(18)19)11-5-3-4-10(15)6-11/h3-6H,7H2,1-2H3,(H,18,19). The molecule has 1 heterocycles. The Morgan fingerprint density at radius 3 is 2.62 bits per heavy atom. The fraction of sp³-hybridized carbons (Fsp3) is 0.214. The molecule has 6 nitrogen and oxygen atoms in total. The van der Waals surface area contributed by atoms with Gasteiger partial charge in [0.2, 0.25) is 5.76 Å². The lowest BCUT2D eigenvalue weighted by Crippen LogP contribution is -2.35. The number of oxazole rings is 1. The van der Waals surface area contributed by atoms with Crippen LogP contribution in [-0.2, 0) is 4.79 Å². The summed E-state index contributed by atoms with van der Waals surface area (Å²) >= 11 is 5.89. The number of amides is 1. The highest BCUT2D eigenvalue weighted by Crippen LogP contribution is 2.22. The lowest BCUT2D eigenvalue weighted by molar-refractivity contribution is -0.135. The lowest BCUT2D eigenvalue weighted by atomic mass is 10.2. The van der Waals surface area contributed by atoms with E-state index in [0.717, 1.165) is 4.90 Å². The molecule has 0 fully saturated rings. The maximum atomic E-state index is 12.5. The van der Waals surface area contributed by atoms with E-state index in [2.05, 4.69) is 4.98 Å². The van der Waals surface area contributed by atoms with Gasteiger partial charge in [-0.1, -0.05) is 17.7 Å².